The Morgan fingerprint density at radius 2 is 1.80 bits per heavy atom. The summed E-state index contributed by atoms with van der Waals surface area (Å²) in [6.07, 6.45) is 3.92. The minimum atomic E-state index is 0.0273. The lowest BCUT2D eigenvalue weighted by atomic mass is 10.2. The molecule has 0 aromatic heterocycles. The fourth-order valence-corrected chi connectivity index (χ4v) is 3.93. The van der Waals surface area contributed by atoms with Gasteiger partial charge < -0.3 is 4.74 Å². The number of hydrogen-bond donors (Lipinski definition) is 0. The van der Waals surface area contributed by atoms with Crippen LogP contribution in [0.3, 0.4) is 0 Å². The molecule has 0 aliphatic carbocycles. The Morgan fingerprint density at radius 3 is 2.43 bits per heavy atom. The molecule has 1 heterocycles. The quantitative estimate of drug-likeness (QED) is 0.460. The average molecular weight is 423 g/mol. The summed E-state index contributed by atoms with van der Waals surface area (Å²) < 4.78 is 5.75. The minimum Gasteiger partial charge on any atom is -0.493 e. The highest BCUT2D eigenvalue weighted by Crippen LogP contribution is 2.34. The lowest BCUT2D eigenvalue weighted by Gasteiger charge is -2.14. The highest BCUT2D eigenvalue weighted by molar-refractivity contribution is 8.18. The summed E-state index contributed by atoms with van der Waals surface area (Å²) in [7, 11) is 0. The first-order valence-electron chi connectivity index (χ1n) is 10.6. The Labute approximate surface area is 184 Å². The Kier molecular flexibility index (Phi) is 7.75. The van der Waals surface area contributed by atoms with Crippen molar-refractivity contribution in [3.8, 4) is 5.75 Å². The summed E-state index contributed by atoms with van der Waals surface area (Å²) in [5.41, 5.74) is 3.04. The van der Waals surface area contributed by atoms with Crippen molar-refractivity contribution in [3.63, 3.8) is 0 Å². The van der Waals surface area contributed by atoms with E-state index in [0.29, 0.717) is 24.0 Å². The van der Waals surface area contributed by atoms with E-state index in [-0.39, 0.29) is 5.91 Å². The summed E-state index contributed by atoms with van der Waals surface area (Å²) >= 11 is 1.45. The van der Waals surface area contributed by atoms with Gasteiger partial charge in [-0.3, -0.25) is 9.69 Å². The van der Waals surface area contributed by atoms with Gasteiger partial charge >= 0.3 is 0 Å². The Hall–Kier alpha value is -2.53. The number of carbonyl (C=O) groups excluding carboxylic acids is 1. The lowest BCUT2D eigenvalue weighted by molar-refractivity contribution is -0.122. The Balaban J connectivity index is 1.81. The van der Waals surface area contributed by atoms with Crippen molar-refractivity contribution in [2.45, 2.75) is 40.5 Å². The molecule has 1 fully saturated rings. The monoisotopic (exact) mass is 422 g/mol. The zero-order valence-corrected chi connectivity index (χ0v) is 19.0. The second-order valence-corrected chi connectivity index (χ2v) is 8.93. The van der Waals surface area contributed by atoms with Crippen molar-refractivity contribution in [1.29, 1.82) is 0 Å². The van der Waals surface area contributed by atoms with Gasteiger partial charge in [-0.25, -0.2) is 4.99 Å². The third-order valence-corrected chi connectivity index (χ3v) is 5.65. The van der Waals surface area contributed by atoms with E-state index in [1.165, 1.54) is 17.3 Å². The zero-order valence-electron chi connectivity index (χ0n) is 18.2. The molecular weight excluding hydrogens is 392 g/mol. The van der Waals surface area contributed by atoms with Crippen LogP contribution in [-0.4, -0.2) is 29.1 Å². The van der Waals surface area contributed by atoms with E-state index in [4.69, 9.17) is 9.73 Å². The maximum absolute atomic E-state index is 13.0. The second-order valence-electron chi connectivity index (χ2n) is 7.92. The molecule has 1 saturated heterocycles. The number of nitrogens with zero attached hydrogens (tertiary/aromatic N) is 2. The van der Waals surface area contributed by atoms with Crippen LogP contribution in [0.15, 0.2) is 58.4 Å². The molecule has 5 heteroatoms. The molecule has 0 saturated carbocycles. The van der Waals surface area contributed by atoms with Crippen molar-refractivity contribution in [3.05, 3.63) is 64.6 Å². The van der Waals surface area contributed by atoms with E-state index < -0.39 is 0 Å². The molecule has 0 bridgehead atoms. The SMILES string of the molecule is CCCCN1C(=O)/C(=C\c2ccc(OCC(C)C)cc2)SC1=Nc1ccc(C)cc1. The molecule has 0 unspecified atom stereocenters. The number of thioether (sulfide) groups is 1. The molecule has 2 aromatic carbocycles. The van der Waals surface area contributed by atoms with Crippen LogP contribution in [0.4, 0.5) is 5.69 Å². The molecule has 3 rings (SSSR count). The molecule has 30 heavy (non-hydrogen) atoms. The molecule has 158 valence electrons. The molecule has 0 N–H and O–H groups in total. The van der Waals surface area contributed by atoms with Crippen molar-refractivity contribution >= 4 is 34.6 Å². The maximum atomic E-state index is 13.0. The minimum absolute atomic E-state index is 0.0273. The van der Waals surface area contributed by atoms with Crippen LogP contribution in [-0.2, 0) is 4.79 Å². The van der Waals surface area contributed by atoms with Crippen molar-refractivity contribution < 1.29 is 9.53 Å². The average Bonchev–Trinajstić information content (AvgIpc) is 3.01. The van der Waals surface area contributed by atoms with Crippen LogP contribution >= 0.6 is 11.8 Å². The number of ether oxygens (including phenoxy) is 1. The van der Waals surface area contributed by atoms with Gasteiger partial charge in [-0.15, -0.1) is 0 Å². The largest absolute Gasteiger partial charge is 0.493 e. The molecule has 4 nitrogen and oxygen atoms in total. The van der Waals surface area contributed by atoms with Gasteiger partial charge in [0.2, 0.25) is 0 Å². The van der Waals surface area contributed by atoms with Gasteiger partial charge in [0.1, 0.15) is 5.75 Å². The number of amides is 1. The number of amidine groups is 1. The topological polar surface area (TPSA) is 41.9 Å². The van der Waals surface area contributed by atoms with Gasteiger partial charge in [-0.05, 0) is 66.9 Å². The predicted molar refractivity (Wildman–Crippen MR) is 127 cm³/mol. The van der Waals surface area contributed by atoms with Crippen LogP contribution in [0.1, 0.15) is 44.7 Å². The fourth-order valence-electron chi connectivity index (χ4n) is 2.91. The number of aliphatic imine (C=N–C) groups is 1. The van der Waals surface area contributed by atoms with Gasteiger partial charge in [0.15, 0.2) is 5.17 Å². The van der Waals surface area contributed by atoms with E-state index in [2.05, 4.69) is 27.7 Å². The first kappa shape index (κ1) is 22.2. The zero-order chi connectivity index (χ0) is 21.5. The first-order chi connectivity index (χ1) is 14.5. The van der Waals surface area contributed by atoms with Gasteiger partial charge in [-0.2, -0.15) is 0 Å². The Bertz CT molecular complexity index is 915. The van der Waals surface area contributed by atoms with Gasteiger partial charge in [0.05, 0.1) is 17.2 Å². The molecule has 2 aromatic rings. The van der Waals surface area contributed by atoms with Crippen molar-refractivity contribution in [2.24, 2.45) is 10.9 Å². The van der Waals surface area contributed by atoms with Crippen molar-refractivity contribution in [2.75, 3.05) is 13.2 Å². The highest BCUT2D eigenvalue weighted by atomic mass is 32.2. The number of benzene rings is 2. The lowest BCUT2D eigenvalue weighted by Crippen LogP contribution is -2.30. The van der Waals surface area contributed by atoms with Crippen LogP contribution < -0.4 is 4.74 Å². The number of rotatable bonds is 8. The molecular formula is C25H30N2O2S. The summed E-state index contributed by atoms with van der Waals surface area (Å²) in [5, 5.41) is 0.750. The molecule has 1 aliphatic rings. The Morgan fingerprint density at radius 1 is 1.10 bits per heavy atom. The van der Waals surface area contributed by atoms with E-state index in [1.54, 1.807) is 4.90 Å². The third-order valence-electron chi connectivity index (χ3n) is 4.64. The van der Waals surface area contributed by atoms with E-state index in [1.807, 2.05) is 54.6 Å². The smallest absolute Gasteiger partial charge is 0.266 e. The normalized spacial score (nSPS) is 16.8. The standard InChI is InChI=1S/C25H30N2O2S/c1-5-6-15-27-24(28)23(30-25(27)26-21-11-7-19(4)8-12-21)16-20-9-13-22(14-10-20)29-17-18(2)3/h7-14,16,18H,5-6,15,17H2,1-4H3/b23-16+,26-25?. The van der Waals surface area contributed by atoms with Crippen LogP contribution in [0, 0.1) is 12.8 Å². The van der Waals surface area contributed by atoms with E-state index >= 15 is 0 Å². The fraction of sp³-hybridized carbons (Fsp3) is 0.360. The summed E-state index contributed by atoms with van der Waals surface area (Å²) in [5.74, 6) is 1.36. The maximum Gasteiger partial charge on any atom is 0.266 e. The van der Waals surface area contributed by atoms with Crippen LogP contribution in [0.2, 0.25) is 0 Å². The highest BCUT2D eigenvalue weighted by Gasteiger charge is 2.32. The van der Waals surface area contributed by atoms with Crippen molar-refractivity contribution in [1.82, 2.24) is 4.90 Å². The first-order valence-corrected chi connectivity index (χ1v) is 11.4. The number of carbonyl (C=O) groups is 1. The molecule has 0 atom stereocenters. The van der Waals surface area contributed by atoms with Crippen LogP contribution in [0.5, 0.6) is 5.75 Å². The molecule has 1 amide bonds. The van der Waals surface area contributed by atoms with E-state index in [9.17, 15) is 4.79 Å². The molecule has 0 radical (unpaired) electrons. The van der Waals surface area contributed by atoms with Gasteiger partial charge in [-0.1, -0.05) is 57.0 Å². The summed E-state index contributed by atoms with van der Waals surface area (Å²) in [6, 6.07) is 15.9. The third kappa shape index (κ3) is 5.99. The summed E-state index contributed by atoms with van der Waals surface area (Å²) in [6.45, 7) is 9.82. The predicted octanol–water partition coefficient (Wildman–Crippen LogP) is 6.43. The summed E-state index contributed by atoms with van der Waals surface area (Å²) in [4.78, 5) is 20.3. The van der Waals surface area contributed by atoms with Gasteiger partial charge in [0.25, 0.3) is 5.91 Å². The number of aryl methyl sites for hydroxylation is 1. The second kappa shape index (κ2) is 10.5. The molecule has 0 spiro atoms. The molecule has 1 aliphatic heterocycles. The van der Waals surface area contributed by atoms with E-state index in [0.717, 1.165) is 35.0 Å². The number of hydrogen-bond acceptors (Lipinski definition) is 4. The number of unbranched alkanes of at least 4 members (excludes halogenated alkanes) is 1. The van der Waals surface area contributed by atoms with Crippen LogP contribution in [0.25, 0.3) is 6.08 Å². The van der Waals surface area contributed by atoms with Gasteiger partial charge in [0, 0.05) is 6.54 Å².